The Morgan fingerprint density at radius 1 is 1.11 bits per heavy atom. The minimum atomic E-state index is -0.435. The number of carbonyl (C=O) groups excluding carboxylic acids is 1. The van der Waals surface area contributed by atoms with Crippen molar-refractivity contribution >= 4 is 17.2 Å². The summed E-state index contributed by atoms with van der Waals surface area (Å²) < 4.78 is 1.97. The molecule has 0 atom stereocenters. The largest absolute Gasteiger partial charge is 0.382 e. The summed E-state index contributed by atoms with van der Waals surface area (Å²) in [4.78, 5) is 20.1. The van der Waals surface area contributed by atoms with Crippen molar-refractivity contribution in [2.24, 2.45) is 5.73 Å². The molecular weight excluding hydrogens is 338 g/mol. The number of aromatic nitrogens is 3. The molecular formula is C21H19N5O. The molecule has 4 aromatic rings. The summed E-state index contributed by atoms with van der Waals surface area (Å²) in [5.74, 6) is -0.435. The molecule has 0 unspecified atom stereocenters. The molecule has 0 aliphatic heterocycles. The summed E-state index contributed by atoms with van der Waals surface area (Å²) in [5, 5.41) is 3.47. The molecule has 6 heteroatoms. The zero-order valence-electron chi connectivity index (χ0n) is 14.7. The summed E-state index contributed by atoms with van der Waals surface area (Å²) >= 11 is 0. The molecule has 0 saturated carbocycles. The Hall–Kier alpha value is -3.67. The lowest BCUT2D eigenvalue weighted by Crippen LogP contribution is -2.10. The first kappa shape index (κ1) is 16.8. The molecule has 3 aromatic heterocycles. The molecule has 27 heavy (non-hydrogen) atoms. The van der Waals surface area contributed by atoms with Crippen LogP contribution in [0, 0.1) is 0 Å². The van der Waals surface area contributed by atoms with Gasteiger partial charge in [0.05, 0.1) is 5.69 Å². The standard InChI is InChI=1S/C21H19N5O/c22-20(27)17-5-1-4-16(11-17)18-12-19(21-25-9-10-26(21)14-18)24-8-6-15-3-2-7-23-13-15/h1-5,7,9-14,24H,6,8H2,(H2,22,27). The van der Waals surface area contributed by atoms with E-state index in [1.165, 1.54) is 5.56 Å². The highest BCUT2D eigenvalue weighted by Gasteiger charge is 2.09. The lowest BCUT2D eigenvalue weighted by Gasteiger charge is -2.11. The molecule has 0 aliphatic carbocycles. The van der Waals surface area contributed by atoms with Gasteiger partial charge in [-0.25, -0.2) is 4.98 Å². The molecule has 3 heterocycles. The van der Waals surface area contributed by atoms with Gasteiger partial charge in [0.25, 0.3) is 0 Å². The molecule has 0 fully saturated rings. The maximum Gasteiger partial charge on any atom is 0.248 e. The zero-order chi connectivity index (χ0) is 18.6. The smallest absolute Gasteiger partial charge is 0.248 e. The van der Waals surface area contributed by atoms with Gasteiger partial charge >= 0.3 is 0 Å². The second kappa shape index (κ2) is 7.29. The van der Waals surface area contributed by atoms with Crippen LogP contribution in [0.3, 0.4) is 0 Å². The van der Waals surface area contributed by atoms with E-state index < -0.39 is 5.91 Å². The van der Waals surface area contributed by atoms with Crippen LogP contribution in [-0.4, -0.2) is 26.8 Å². The van der Waals surface area contributed by atoms with Crippen LogP contribution >= 0.6 is 0 Å². The van der Waals surface area contributed by atoms with Crippen LogP contribution in [0.25, 0.3) is 16.8 Å². The Morgan fingerprint density at radius 2 is 2.04 bits per heavy atom. The van der Waals surface area contributed by atoms with Gasteiger partial charge in [-0.2, -0.15) is 0 Å². The van der Waals surface area contributed by atoms with E-state index in [1.54, 1.807) is 24.5 Å². The van der Waals surface area contributed by atoms with Crippen molar-refractivity contribution in [3.63, 3.8) is 0 Å². The highest BCUT2D eigenvalue weighted by Crippen LogP contribution is 2.26. The number of hydrogen-bond acceptors (Lipinski definition) is 4. The van der Waals surface area contributed by atoms with Gasteiger partial charge < -0.3 is 15.5 Å². The lowest BCUT2D eigenvalue weighted by atomic mass is 10.0. The molecule has 1 amide bonds. The maximum absolute atomic E-state index is 11.5. The number of amides is 1. The minimum absolute atomic E-state index is 0.435. The average molecular weight is 357 g/mol. The molecule has 134 valence electrons. The van der Waals surface area contributed by atoms with E-state index in [0.717, 1.165) is 35.4 Å². The van der Waals surface area contributed by atoms with Crippen molar-refractivity contribution in [2.45, 2.75) is 6.42 Å². The second-order valence-corrected chi connectivity index (χ2v) is 6.28. The van der Waals surface area contributed by atoms with Crippen LogP contribution in [0.15, 0.2) is 73.4 Å². The van der Waals surface area contributed by atoms with E-state index >= 15 is 0 Å². The number of nitrogens with two attached hydrogens (primary N) is 1. The molecule has 0 spiro atoms. The van der Waals surface area contributed by atoms with Gasteiger partial charge in [0.15, 0.2) is 5.65 Å². The Bertz CT molecular complexity index is 1090. The Kier molecular flexibility index (Phi) is 4.53. The normalized spacial score (nSPS) is 10.8. The van der Waals surface area contributed by atoms with E-state index in [-0.39, 0.29) is 0 Å². The summed E-state index contributed by atoms with van der Waals surface area (Å²) in [6.07, 6.45) is 10.2. The number of anilines is 1. The molecule has 3 N–H and O–H groups in total. The molecule has 0 saturated heterocycles. The van der Waals surface area contributed by atoms with Gasteiger partial charge in [0.1, 0.15) is 0 Å². The van der Waals surface area contributed by atoms with E-state index in [0.29, 0.717) is 5.56 Å². The first-order chi connectivity index (χ1) is 13.2. The summed E-state index contributed by atoms with van der Waals surface area (Å²) in [6.45, 7) is 0.763. The molecule has 0 bridgehead atoms. The number of nitrogens with one attached hydrogen (secondary N) is 1. The van der Waals surface area contributed by atoms with Crippen molar-refractivity contribution < 1.29 is 4.79 Å². The van der Waals surface area contributed by atoms with Crippen LogP contribution in [0.4, 0.5) is 5.69 Å². The summed E-state index contributed by atoms with van der Waals surface area (Å²) in [7, 11) is 0. The van der Waals surface area contributed by atoms with Crippen LogP contribution in [-0.2, 0) is 6.42 Å². The van der Waals surface area contributed by atoms with Gasteiger partial charge in [0, 0.05) is 48.7 Å². The van der Waals surface area contributed by atoms with Crippen LogP contribution in [0.5, 0.6) is 0 Å². The highest BCUT2D eigenvalue weighted by molar-refractivity contribution is 5.94. The van der Waals surface area contributed by atoms with E-state index in [1.807, 2.05) is 47.3 Å². The predicted octanol–water partition coefficient (Wildman–Crippen LogP) is 3.15. The van der Waals surface area contributed by atoms with Crippen molar-refractivity contribution in [3.8, 4) is 11.1 Å². The topological polar surface area (TPSA) is 85.3 Å². The second-order valence-electron chi connectivity index (χ2n) is 6.28. The molecule has 6 nitrogen and oxygen atoms in total. The maximum atomic E-state index is 11.5. The Balaban J connectivity index is 1.63. The van der Waals surface area contributed by atoms with Crippen molar-refractivity contribution in [1.29, 1.82) is 0 Å². The summed E-state index contributed by atoms with van der Waals surface area (Å²) in [5.41, 5.74) is 10.8. The van der Waals surface area contributed by atoms with Crippen LogP contribution in [0.1, 0.15) is 15.9 Å². The van der Waals surface area contributed by atoms with Gasteiger partial charge in [-0.05, 0) is 41.8 Å². The van der Waals surface area contributed by atoms with Crippen molar-refractivity contribution in [1.82, 2.24) is 14.4 Å². The fourth-order valence-corrected chi connectivity index (χ4v) is 3.06. The Labute approximate surface area is 156 Å². The summed E-state index contributed by atoms with van der Waals surface area (Å²) in [6, 6.07) is 13.4. The number of imidazole rings is 1. The SMILES string of the molecule is NC(=O)c1cccc(-c2cc(NCCc3cccnc3)c3nccn3c2)c1. The third kappa shape index (κ3) is 3.64. The number of fused-ring (bicyclic) bond motifs is 1. The van der Waals surface area contributed by atoms with E-state index in [9.17, 15) is 4.79 Å². The molecule has 1 aromatic carbocycles. The third-order valence-electron chi connectivity index (χ3n) is 4.42. The minimum Gasteiger partial charge on any atom is -0.382 e. The lowest BCUT2D eigenvalue weighted by molar-refractivity contribution is 0.100. The number of rotatable bonds is 6. The predicted molar refractivity (Wildman–Crippen MR) is 106 cm³/mol. The number of nitrogens with zero attached hydrogens (tertiary/aromatic N) is 3. The van der Waals surface area contributed by atoms with Crippen molar-refractivity contribution in [3.05, 3.63) is 84.6 Å². The van der Waals surface area contributed by atoms with Gasteiger partial charge in [-0.1, -0.05) is 18.2 Å². The zero-order valence-corrected chi connectivity index (χ0v) is 14.7. The van der Waals surface area contributed by atoms with Crippen molar-refractivity contribution in [2.75, 3.05) is 11.9 Å². The first-order valence-corrected chi connectivity index (χ1v) is 8.70. The van der Waals surface area contributed by atoms with Gasteiger partial charge in [-0.3, -0.25) is 9.78 Å². The van der Waals surface area contributed by atoms with Crippen LogP contribution < -0.4 is 11.1 Å². The number of pyridine rings is 2. The number of carbonyl (C=O) groups is 1. The van der Waals surface area contributed by atoms with Crippen LogP contribution in [0.2, 0.25) is 0 Å². The monoisotopic (exact) mass is 357 g/mol. The highest BCUT2D eigenvalue weighted by atomic mass is 16.1. The number of primary amides is 1. The fourth-order valence-electron chi connectivity index (χ4n) is 3.06. The number of benzene rings is 1. The first-order valence-electron chi connectivity index (χ1n) is 8.70. The van der Waals surface area contributed by atoms with Gasteiger partial charge in [0.2, 0.25) is 5.91 Å². The fraction of sp³-hybridized carbons (Fsp3) is 0.0952. The van der Waals surface area contributed by atoms with E-state index in [2.05, 4.69) is 21.4 Å². The third-order valence-corrected chi connectivity index (χ3v) is 4.42. The number of hydrogen-bond donors (Lipinski definition) is 2. The van der Waals surface area contributed by atoms with E-state index in [4.69, 9.17) is 5.73 Å². The van der Waals surface area contributed by atoms with Gasteiger partial charge in [-0.15, -0.1) is 0 Å². The quantitative estimate of drug-likeness (QED) is 0.555. The Morgan fingerprint density at radius 3 is 2.85 bits per heavy atom. The average Bonchev–Trinajstić information content (AvgIpc) is 3.18. The molecule has 0 radical (unpaired) electrons. The molecule has 0 aliphatic rings. The molecule has 4 rings (SSSR count).